The molecule has 31 heavy (non-hydrogen) atoms. The van der Waals surface area contributed by atoms with Crippen LogP contribution >= 0.6 is 0 Å². The highest BCUT2D eigenvalue weighted by molar-refractivity contribution is 6.08. The van der Waals surface area contributed by atoms with Crippen LogP contribution in [0.15, 0.2) is 89.9 Å². The van der Waals surface area contributed by atoms with E-state index in [1.165, 1.54) is 0 Å². The number of anilines is 1. The third-order valence-electron chi connectivity index (χ3n) is 5.01. The molecule has 7 heteroatoms. The number of fused-ring (bicyclic) bond motifs is 1. The van der Waals surface area contributed by atoms with E-state index >= 15 is 0 Å². The van der Waals surface area contributed by atoms with Gasteiger partial charge in [-0.3, -0.25) is 9.48 Å². The van der Waals surface area contributed by atoms with E-state index in [0.717, 1.165) is 11.1 Å². The van der Waals surface area contributed by atoms with Gasteiger partial charge in [0.15, 0.2) is 0 Å². The van der Waals surface area contributed by atoms with Gasteiger partial charge < -0.3 is 15.3 Å². The molecule has 0 spiro atoms. The van der Waals surface area contributed by atoms with Gasteiger partial charge in [0.05, 0.1) is 23.1 Å². The average molecular weight is 409 g/mol. The second kappa shape index (κ2) is 7.79. The topological polar surface area (TPSA) is 95.6 Å². The molecule has 0 unspecified atom stereocenters. The van der Waals surface area contributed by atoms with Gasteiger partial charge in [0.25, 0.3) is 5.91 Å². The highest BCUT2D eigenvalue weighted by Gasteiger charge is 2.18. The van der Waals surface area contributed by atoms with E-state index in [4.69, 9.17) is 5.10 Å². The third kappa shape index (κ3) is 3.89. The Morgan fingerprint density at radius 1 is 0.903 bits per heavy atom. The number of hydrogen-bond donors (Lipinski definition) is 3. The molecule has 152 valence electrons. The summed E-state index contributed by atoms with van der Waals surface area (Å²) in [6.45, 7) is 0.560. The lowest BCUT2D eigenvalue weighted by Crippen LogP contribution is -2.12. The predicted molar refractivity (Wildman–Crippen MR) is 120 cm³/mol. The molecule has 0 bridgehead atoms. The van der Waals surface area contributed by atoms with E-state index in [9.17, 15) is 9.59 Å². The van der Waals surface area contributed by atoms with Crippen molar-refractivity contribution >= 4 is 22.6 Å². The Morgan fingerprint density at radius 2 is 1.61 bits per heavy atom. The number of imidazole rings is 1. The summed E-state index contributed by atoms with van der Waals surface area (Å²) in [6, 6.07) is 24.8. The molecule has 7 nitrogen and oxygen atoms in total. The quantitative estimate of drug-likeness (QED) is 0.409. The van der Waals surface area contributed by atoms with E-state index in [1.54, 1.807) is 29.1 Å². The molecule has 0 aliphatic carbocycles. The van der Waals surface area contributed by atoms with Crippen molar-refractivity contribution in [3.63, 3.8) is 0 Å². The number of aromatic amines is 2. The highest BCUT2D eigenvalue weighted by Crippen LogP contribution is 2.24. The summed E-state index contributed by atoms with van der Waals surface area (Å²) in [6.07, 6.45) is 1.77. The standard InChI is InChI=1S/C24H19N5O2/c30-23(25-18-11-12-20-21(13-18)27-24(31)26-20)19-15-29(14-16-7-3-1-4-8-16)28-22(19)17-9-5-2-6-10-17/h1-13,15H,14H2,(H,25,30)(H2,26,27,31). The molecule has 0 atom stereocenters. The van der Waals surface area contributed by atoms with Crippen LogP contribution in [-0.2, 0) is 6.54 Å². The van der Waals surface area contributed by atoms with Crippen molar-refractivity contribution < 1.29 is 4.79 Å². The number of benzene rings is 3. The number of amides is 1. The number of nitrogens with zero attached hydrogens (tertiary/aromatic N) is 2. The molecule has 2 heterocycles. The van der Waals surface area contributed by atoms with Crippen LogP contribution < -0.4 is 11.0 Å². The fourth-order valence-electron chi connectivity index (χ4n) is 3.56. The lowest BCUT2D eigenvalue weighted by atomic mass is 10.1. The maximum atomic E-state index is 13.2. The van der Waals surface area contributed by atoms with Gasteiger partial charge in [-0.2, -0.15) is 5.10 Å². The van der Waals surface area contributed by atoms with Crippen molar-refractivity contribution in [2.24, 2.45) is 0 Å². The van der Waals surface area contributed by atoms with Crippen LogP contribution in [-0.4, -0.2) is 25.7 Å². The van der Waals surface area contributed by atoms with Crippen LogP contribution in [0.1, 0.15) is 15.9 Å². The van der Waals surface area contributed by atoms with Crippen molar-refractivity contribution in [1.82, 2.24) is 19.7 Å². The molecule has 0 saturated heterocycles. The van der Waals surface area contributed by atoms with Gasteiger partial charge in [-0.15, -0.1) is 0 Å². The summed E-state index contributed by atoms with van der Waals surface area (Å²) in [5, 5.41) is 7.61. The number of hydrogen-bond acceptors (Lipinski definition) is 3. The van der Waals surface area contributed by atoms with Crippen molar-refractivity contribution in [1.29, 1.82) is 0 Å². The van der Waals surface area contributed by atoms with Gasteiger partial charge in [-0.05, 0) is 23.8 Å². The van der Waals surface area contributed by atoms with Crippen LogP contribution in [0, 0.1) is 0 Å². The summed E-state index contributed by atoms with van der Waals surface area (Å²) in [4.78, 5) is 30.1. The SMILES string of the molecule is O=C(Nc1ccc2[nH]c(=O)[nH]c2c1)c1cn(Cc2ccccc2)nc1-c1ccccc1. The Kier molecular flexibility index (Phi) is 4.68. The Balaban J connectivity index is 1.49. The summed E-state index contributed by atoms with van der Waals surface area (Å²) in [5.41, 5.74) is 4.67. The third-order valence-corrected chi connectivity index (χ3v) is 5.01. The first-order valence-electron chi connectivity index (χ1n) is 9.86. The minimum Gasteiger partial charge on any atom is -0.322 e. The molecule has 0 radical (unpaired) electrons. The normalized spacial score (nSPS) is 11.0. The fraction of sp³-hybridized carbons (Fsp3) is 0.0417. The van der Waals surface area contributed by atoms with Crippen molar-refractivity contribution in [3.8, 4) is 11.3 Å². The number of aromatic nitrogens is 4. The minimum absolute atomic E-state index is 0.268. The summed E-state index contributed by atoms with van der Waals surface area (Å²) in [7, 11) is 0. The van der Waals surface area contributed by atoms with Crippen LogP contribution in [0.25, 0.3) is 22.3 Å². The highest BCUT2D eigenvalue weighted by atomic mass is 16.2. The summed E-state index contributed by atoms with van der Waals surface area (Å²) >= 11 is 0. The zero-order valence-corrected chi connectivity index (χ0v) is 16.5. The monoisotopic (exact) mass is 409 g/mol. The van der Waals surface area contributed by atoms with Crippen LogP contribution in [0.5, 0.6) is 0 Å². The van der Waals surface area contributed by atoms with E-state index in [-0.39, 0.29) is 11.6 Å². The predicted octanol–water partition coefficient (Wildman–Crippen LogP) is 4.02. The molecule has 3 N–H and O–H groups in total. The summed E-state index contributed by atoms with van der Waals surface area (Å²) in [5.74, 6) is -0.268. The van der Waals surface area contributed by atoms with Gasteiger partial charge in [-0.1, -0.05) is 60.7 Å². The van der Waals surface area contributed by atoms with Crippen molar-refractivity contribution in [2.45, 2.75) is 6.54 Å². The minimum atomic E-state index is -0.285. The largest absolute Gasteiger partial charge is 0.323 e. The average Bonchev–Trinajstić information content (AvgIpc) is 3.37. The first-order valence-corrected chi connectivity index (χ1v) is 9.86. The first kappa shape index (κ1) is 18.6. The van der Waals surface area contributed by atoms with Gasteiger partial charge in [0.1, 0.15) is 5.69 Å². The smallest absolute Gasteiger partial charge is 0.322 e. The number of nitrogens with one attached hydrogen (secondary N) is 3. The van der Waals surface area contributed by atoms with E-state index in [2.05, 4.69) is 15.3 Å². The zero-order chi connectivity index (χ0) is 21.2. The molecule has 3 aromatic carbocycles. The second-order valence-corrected chi connectivity index (χ2v) is 7.23. The van der Waals surface area contributed by atoms with Crippen LogP contribution in [0.4, 0.5) is 5.69 Å². The van der Waals surface area contributed by atoms with Crippen molar-refractivity contribution in [2.75, 3.05) is 5.32 Å². The lowest BCUT2D eigenvalue weighted by molar-refractivity contribution is 0.102. The molecule has 5 rings (SSSR count). The lowest BCUT2D eigenvalue weighted by Gasteiger charge is -2.05. The number of carbonyl (C=O) groups excluding carboxylic acids is 1. The van der Waals surface area contributed by atoms with E-state index in [1.807, 2.05) is 60.7 Å². The number of H-pyrrole nitrogens is 2. The Morgan fingerprint density at radius 3 is 2.39 bits per heavy atom. The van der Waals surface area contributed by atoms with Crippen molar-refractivity contribution in [3.05, 3.63) is 107 Å². The maximum absolute atomic E-state index is 13.2. The Labute approximate surface area is 177 Å². The zero-order valence-electron chi connectivity index (χ0n) is 16.5. The van der Waals surface area contributed by atoms with Crippen LogP contribution in [0.3, 0.4) is 0 Å². The van der Waals surface area contributed by atoms with Crippen LogP contribution in [0.2, 0.25) is 0 Å². The van der Waals surface area contributed by atoms with E-state index < -0.39 is 0 Å². The second-order valence-electron chi connectivity index (χ2n) is 7.23. The maximum Gasteiger partial charge on any atom is 0.323 e. The molecule has 1 amide bonds. The van der Waals surface area contributed by atoms with Gasteiger partial charge in [-0.25, -0.2) is 4.79 Å². The molecular weight excluding hydrogens is 390 g/mol. The molecule has 0 aliphatic heterocycles. The number of carbonyl (C=O) groups is 1. The van der Waals surface area contributed by atoms with Gasteiger partial charge in [0, 0.05) is 17.4 Å². The number of rotatable bonds is 5. The molecule has 2 aromatic heterocycles. The molecule has 5 aromatic rings. The molecule has 0 saturated carbocycles. The van der Waals surface area contributed by atoms with Gasteiger partial charge in [0.2, 0.25) is 0 Å². The Bertz CT molecular complexity index is 1410. The summed E-state index contributed by atoms with van der Waals surface area (Å²) < 4.78 is 1.78. The fourth-order valence-corrected chi connectivity index (χ4v) is 3.56. The molecule has 0 fully saturated rings. The molecular formula is C24H19N5O2. The van der Waals surface area contributed by atoms with Gasteiger partial charge >= 0.3 is 5.69 Å². The Hall–Kier alpha value is -4.39. The first-order chi connectivity index (χ1) is 15.2. The van der Waals surface area contributed by atoms with E-state index in [0.29, 0.717) is 34.5 Å². The molecule has 0 aliphatic rings.